The highest BCUT2D eigenvalue weighted by molar-refractivity contribution is 6.17. The van der Waals surface area contributed by atoms with Crippen molar-refractivity contribution in [3.63, 3.8) is 0 Å². The summed E-state index contributed by atoms with van der Waals surface area (Å²) in [6.45, 7) is 2.14. The van der Waals surface area contributed by atoms with Gasteiger partial charge < -0.3 is 13.9 Å². The monoisotopic (exact) mass is 742 g/mol. The van der Waals surface area contributed by atoms with Crippen LogP contribution in [0.3, 0.4) is 0 Å². The molecule has 2 aromatic heterocycles. The van der Waals surface area contributed by atoms with Gasteiger partial charge in [0.25, 0.3) is 0 Å². The highest BCUT2D eigenvalue weighted by Crippen LogP contribution is 2.49. The molecule has 0 aliphatic rings. The molecule has 11 rings (SSSR count). The fraction of sp³-hybridized carbons (Fsp3) is 0.0182. The van der Waals surface area contributed by atoms with Crippen molar-refractivity contribution < 1.29 is 4.42 Å². The van der Waals surface area contributed by atoms with Crippen molar-refractivity contribution in [3.05, 3.63) is 218 Å². The van der Waals surface area contributed by atoms with Gasteiger partial charge in [-0.2, -0.15) is 0 Å². The van der Waals surface area contributed by atoms with Crippen LogP contribution in [0.2, 0.25) is 0 Å². The first kappa shape index (κ1) is 33.7. The number of aryl methyl sites for hydroxylation is 1. The summed E-state index contributed by atoms with van der Waals surface area (Å²) in [5.41, 5.74) is 16.5. The second-order valence-electron chi connectivity index (χ2n) is 15.0. The van der Waals surface area contributed by atoms with E-state index >= 15 is 0 Å². The maximum absolute atomic E-state index is 6.90. The molecule has 0 spiro atoms. The average molecular weight is 743 g/mol. The molecule has 0 aliphatic carbocycles. The molecule has 58 heavy (non-hydrogen) atoms. The maximum atomic E-state index is 6.90. The number of aromatic nitrogens is 1. The molecule has 3 nitrogen and oxygen atoms in total. The molecule has 0 saturated carbocycles. The fourth-order valence-electron chi connectivity index (χ4n) is 8.71. The Morgan fingerprint density at radius 3 is 1.66 bits per heavy atom. The Hall–Kier alpha value is -7.62. The van der Waals surface area contributed by atoms with Gasteiger partial charge in [0, 0.05) is 38.7 Å². The normalized spacial score (nSPS) is 11.5. The minimum Gasteiger partial charge on any atom is -0.455 e. The summed E-state index contributed by atoms with van der Waals surface area (Å²) in [5.74, 6) is 0. The van der Waals surface area contributed by atoms with Crippen LogP contribution in [0.4, 0.5) is 17.1 Å². The van der Waals surface area contributed by atoms with Gasteiger partial charge in [0.15, 0.2) is 0 Å². The van der Waals surface area contributed by atoms with Crippen molar-refractivity contribution in [1.82, 2.24) is 4.57 Å². The zero-order chi connectivity index (χ0) is 38.6. The molecular weight excluding hydrogens is 705 g/mol. The summed E-state index contributed by atoms with van der Waals surface area (Å²) in [4.78, 5) is 2.41. The molecule has 0 atom stereocenters. The zero-order valence-corrected chi connectivity index (χ0v) is 32.0. The predicted molar refractivity (Wildman–Crippen MR) is 244 cm³/mol. The quantitative estimate of drug-likeness (QED) is 0.162. The molecule has 3 heteroatoms. The second kappa shape index (κ2) is 13.8. The van der Waals surface area contributed by atoms with Gasteiger partial charge in [0.2, 0.25) is 0 Å². The zero-order valence-electron chi connectivity index (χ0n) is 32.0. The van der Waals surface area contributed by atoms with Gasteiger partial charge in [0.1, 0.15) is 11.2 Å². The molecule has 11 aromatic rings. The third-order valence-electron chi connectivity index (χ3n) is 11.5. The van der Waals surface area contributed by atoms with Crippen molar-refractivity contribution in [2.45, 2.75) is 6.92 Å². The lowest BCUT2D eigenvalue weighted by Crippen LogP contribution is -2.12. The van der Waals surface area contributed by atoms with Gasteiger partial charge in [-0.25, -0.2) is 0 Å². The van der Waals surface area contributed by atoms with Crippen LogP contribution in [-0.2, 0) is 0 Å². The van der Waals surface area contributed by atoms with E-state index in [0.29, 0.717) is 0 Å². The summed E-state index contributed by atoms with van der Waals surface area (Å²) in [5, 5.41) is 4.66. The number of anilines is 3. The third-order valence-corrected chi connectivity index (χ3v) is 11.5. The molecule has 0 unspecified atom stereocenters. The van der Waals surface area contributed by atoms with E-state index in [1.807, 2.05) is 0 Å². The average Bonchev–Trinajstić information content (AvgIpc) is 3.85. The topological polar surface area (TPSA) is 21.3 Å². The molecule has 0 aliphatic heterocycles. The van der Waals surface area contributed by atoms with E-state index in [9.17, 15) is 0 Å². The molecular formula is C55H38N2O. The number of furan rings is 1. The van der Waals surface area contributed by atoms with E-state index in [2.05, 4.69) is 229 Å². The predicted octanol–water partition coefficient (Wildman–Crippen LogP) is 15.5. The van der Waals surface area contributed by atoms with Gasteiger partial charge in [-0.1, -0.05) is 151 Å². The van der Waals surface area contributed by atoms with Gasteiger partial charge in [-0.15, -0.1) is 0 Å². The van der Waals surface area contributed by atoms with Crippen LogP contribution in [0.15, 0.2) is 217 Å². The van der Waals surface area contributed by atoms with Crippen molar-refractivity contribution in [2.75, 3.05) is 4.90 Å². The van der Waals surface area contributed by atoms with E-state index in [4.69, 9.17) is 4.42 Å². The Kier molecular flexibility index (Phi) is 8.04. The van der Waals surface area contributed by atoms with Gasteiger partial charge in [0.05, 0.1) is 27.8 Å². The third kappa shape index (κ3) is 5.59. The van der Waals surface area contributed by atoms with E-state index in [0.717, 1.165) is 66.9 Å². The summed E-state index contributed by atoms with van der Waals surface area (Å²) < 4.78 is 9.26. The maximum Gasteiger partial charge on any atom is 0.145 e. The molecule has 9 aromatic carbocycles. The molecule has 2 heterocycles. The lowest BCUT2D eigenvalue weighted by molar-refractivity contribution is 0.670. The Balaban J connectivity index is 1.12. The first-order valence-corrected chi connectivity index (χ1v) is 19.8. The van der Waals surface area contributed by atoms with Crippen LogP contribution in [0.5, 0.6) is 0 Å². The standard InChI is InChI=1S/C55H38N2O/c1-37-24-29-42(30-25-37)57(51-34-28-41(38-14-4-2-5-15-38)36-48(51)39-16-6-3-7-17-39)52-35-33-44(55-54(52)47-20-10-13-23-53(47)58-55)40-26-31-43(32-27-40)56-49-21-11-8-18-45(49)46-19-9-12-22-50(46)56/h2-36H,1H3. The van der Waals surface area contributed by atoms with Crippen LogP contribution in [0.25, 0.3) is 82.8 Å². The van der Waals surface area contributed by atoms with E-state index < -0.39 is 0 Å². The van der Waals surface area contributed by atoms with Crippen LogP contribution < -0.4 is 4.90 Å². The second-order valence-corrected chi connectivity index (χ2v) is 15.0. The van der Waals surface area contributed by atoms with Crippen LogP contribution >= 0.6 is 0 Å². The first-order chi connectivity index (χ1) is 28.7. The highest BCUT2D eigenvalue weighted by Gasteiger charge is 2.24. The van der Waals surface area contributed by atoms with E-state index in [-0.39, 0.29) is 0 Å². The van der Waals surface area contributed by atoms with Crippen LogP contribution in [0.1, 0.15) is 5.56 Å². The van der Waals surface area contributed by atoms with Gasteiger partial charge in [-0.05, 0) is 95.9 Å². The first-order valence-electron chi connectivity index (χ1n) is 19.8. The number of fused-ring (bicyclic) bond motifs is 6. The Bertz CT molecular complexity index is 3210. The number of hydrogen-bond acceptors (Lipinski definition) is 2. The fourth-order valence-corrected chi connectivity index (χ4v) is 8.71. The van der Waals surface area contributed by atoms with Crippen molar-refractivity contribution in [1.29, 1.82) is 0 Å². The SMILES string of the molecule is Cc1ccc(N(c2ccc(-c3ccccc3)cc2-c2ccccc2)c2ccc(-c3ccc(-n4c5ccccc5c5ccccc54)cc3)c3oc4ccccc4c23)cc1. The largest absolute Gasteiger partial charge is 0.455 e. The molecule has 0 bridgehead atoms. The molecule has 274 valence electrons. The van der Waals surface area contributed by atoms with Gasteiger partial charge >= 0.3 is 0 Å². The van der Waals surface area contributed by atoms with E-state index in [1.54, 1.807) is 0 Å². The smallest absolute Gasteiger partial charge is 0.145 e. The summed E-state index contributed by atoms with van der Waals surface area (Å²) in [6, 6.07) is 76.2. The Morgan fingerprint density at radius 1 is 0.414 bits per heavy atom. The Morgan fingerprint density at radius 2 is 0.966 bits per heavy atom. The minimum absolute atomic E-state index is 0.861. The Labute approximate surface area is 337 Å². The van der Waals surface area contributed by atoms with Crippen molar-refractivity contribution >= 4 is 60.8 Å². The molecule has 0 fully saturated rings. The highest BCUT2D eigenvalue weighted by atomic mass is 16.3. The lowest BCUT2D eigenvalue weighted by atomic mass is 9.95. The van der Waals surface area contributed by atoms with E-state index in [1.165, 1.54) is 38.5 Å². The summed E-state index contributed by atoms with van der Waals surface area (Å²) in [7, 11) is 0. The van der Waals surface area contributed by atoms with Crippen molar-refractivity contribution in [2.24, 2.45) is 0 Å². The van der Waals surface area contributed by atoms with Crippen LogP contribution in [-0.4, -0.2) is 4.57 Å². The lowest BCUT2D eigenvalue weighted by Gasteiger charge is -2.29. The number of hydrogen-bond donors (Lipinski definition) is 0. The summed E-state index contributed by atoms with van der Waals surface area (Å²) >= 11 is 0. The number of para-hydroxylation sites is 3. The van der Waals surface area contributed by atoms with Gasteiger partial charge in [-0.3, -0.25) is 0 Å². The number of nitrogens with zero attached hydrogens (tertiary/aromatic N) is 2. The van der Waals surface area contributed by atoms with Crippen LogP contribution in [0, 0.1) is 6.92 Å². The van der Waals surface area contributed by atoms with Crippen molar-refractivity contribution in [3.8, 4) is 39.1 Å². The molecule has 0 N–H and O–H groups in total. The molecule has 0 amide bonds. The minimum atomic E-state index is 0.861. The molecule has 0 radical (unpaired) electrons. The number of benzene rings is 9. The number of rotatable bonds is 7. The summed E-state index contributed by atoms with van der Waals surface area (Å²) in [6.07, 6.45) is 0. The molecule has 0 saturated heterocycles.